The summed E-state index contributed by atoms with van der Waals surface area (Å²) < 4.78 is 0. The number of nitrogen functional groups attached to an aromatic ring is 3. The average Bonchev–Trinajstić information content (AvgIpc) is 2.91. The smallest absolute Gasteiger partial charge is 0.251 e. The highest BCUT2D eigenvalue weighted by molar-refractivity contribution is 5.95. The van der Waals surface area contributed by atoms with Crippen LogP contribution in [0, 0.1) is 0 Å². The number of amides is 2. The molecular formula is C26H30N10O2. The van der Waals surface area contributed by atoms with Gasteiger partial charge in [-0.25, -0.2) is 9.97 Å². The van der Waals surface area contributed by atoms with E-state index in [0.717, 1.165) is 30.8 Å². The summed E-state index contributed by atoms with van der Waals surface area (Å²) in [6, 6.07) is 14.3. The number of benzene rings is 2. The van der Waals surface area contributed by atoms with Gasteiger partial charge in [-0.15, -0.1) is 0 Å². The molecule has 0 fully saturated rings. The third kappa shape index (κ3) is 6.60. The molecule has 4 rings (SSSR count). The van der Waals surface area contributed by atoms with Crippen molar-refractivity contribution in [1.82, 2.24) is 25.3 Å². The van der Waals surface area contributed by atoms with Gasteiger partial charge in [0.2, 0.25) is 12.4 Å². The van der Waals surface area contributed by atoms with Crippen LogP contribution in [0.2, 0.25) is 0 Å². The average molecular weight is 515 g/mol. The molecule has 0 aliphatic heterocycles. The van der Waals surface area contributed by atoms with Crippen molar-refractivity contribution in [3.8, 4) is 0 Å². The second-order valence-electron chi connectivity index (χ2n) is 8.85. The number of carbonyl (C=O) groups excluding carboxylic acids is 2. The Morgan fingerprint density at radius 2 is 1.76 bits per heavy atom. The molecular weight excluding hydrogens is 484 g/mol. The van der Waals surface area contributed by atoms with Crippen molar-refractivity contribution in [2.75, 3.05) is 34.0 Å². The molecule has 2 aromatic heterocycles. The Kier molecular flexibility index (Phi) is 8.11. The first kappa shape index (κ1) is 26.1. The van der Waals surface area contributed by atoms with Crippen molar-refractivity contribution >= 4 is 52.3 Å². The van der Waals surface area contributed by atoms with Crippen molar-refractivity contribution in [2.24, 2.45) is 0 Å². The maximum Gasteiger partial charge on any atom is 0.251 e. The van der Waals surface area contributed by atoms with E-state index in [4.69, 9.17) is 17.2 Å². The van der Waals surface area contributed by atoms with Crippen molar-refractivity contribution in [3.05, 3.63) is 66.0 Å². The quantitative estimate of drug-likeness (QED) is 0.113. The highest BCUT2D eigenvalue weighted by Crippen LogP contribution is 2.19. The molecule has 196 valence electrons. The number of aromatic nitrogens is 4. The van der Waals surface area contributed by atoms with Gasteiger partial charge >= 0.3 is 0 Å². The number of nitrogens with zero attached hydrogens (tertiary/aromatic N) is 5. The minimum Gasteiger partial charge on any atom is -0.399 e. The summed E-state index contributed by atoms with van der Waals surface area (Å²) in [4.78, 5) is 42.5. The summed E-state index contributed by atoms with van der Waals surface area (Å²) in [6.45, 7) is 2.90. The Morgan fingerprint density at radius 1 is 1.03 bits per heavy atom. The van der Waals surface area contributed by atoms with E-state index < -0.39 is 0 Å². The van der Waals surface area contributed by atoms with Gasteiger partial charge in [0.05, 0.1) is 18.4 Å². The van der Waals surface area contributed by atoms with Crippen LogP contribution < -0.4 is 32.7 Å². The Labute approximate surface area is 219 Å². The van der Waals surface area contributed by atoms with Gasteiger partial charge in [0.25, 0.3) is 5.91 Å². The zero-order valence-corrected chi connectivity index (χ0v) is 21.0. The molecule has 38 heavy (non-hydrogen) atoms. The Hall–Kier alpha value is -5.00. The van der Waals surface area contributed by atoms with Crippen molar-refractivity contribution < 1.29 is 9.59 Å². The normalized spacial score (nSPS) is 11.6. The molecule has 12 nitrogen and oxygen atoms in total. The molecule has 2 aromatic carbocycles. The molecule has 12 heteroatoms. The van der Waals surface area contributed by atoms with Gasteiger partial charge in [-0.3, -0.25) is 9.59 Å². The molecule has 2 amide bonds. The molecule has 2 heterocycles. The standard InChI is InChI=1S/C26H30N10O2/c1-16(3-2-12-30-19-8-6-18(27)7-9-19)32-25(38)17-4-10-21(11-5-17)36(15-37)14-20-13-31-24-22(33-20)23(28)34-26(29)35-24/h4-11,13,15-16,30H,2-3,12,14,27H2,1H3,(H,32,38)(H4,28,29,31,34,35)/t16-/m1/s1. The van der Waals surface area contributed by atoms with Gasteiger partial charge in [0.1, 0.15) is 0 Å². The Balaban J connectivity index is 1.30. The van der Waals surface area contributed by atoms with Crippen LogP contribution in [0.25, 0.3) is 11.2 Å². The Morgan fingerprint density at radius 3 is 2.47 bits per heavy atom. The van der Waals surface area contributed by atoms with Crippen LogP contribution in [0.3, 0.4) is 0 Å². The van der Waals surface area contributed by atoms with E-state index in [1.54, 1.807) is 24.3 Å². The minimum atomic E-state index is -0.177. The number of nitrogens with one attached hydrogen (secondary N) is 2. The lowest BCUT2D eigenvalue weighted by atomic mass is 10.1. The van der Waals surface area contributed by atoms with Crippen LogP contribution in [-0.4, -0.2) is 44.8 Å². The third-order valence-electron chi connectivity index (χ3n) is 5.85. The highest BCUT2D eigenvalue weighted by atomic mass is 16.1. The van der Waals surface area contributed by atoms with Crippen LogP contribution in [0.15, 0.2) is 54.7 Å². The van der Waals surface area contributed by atoms with Crippen LogP contribution in [0.1, 0.15) is 35.8 Å². The predicted molar refractivity (Wildman–Crippen MR) is 148 cm³/mol. The SMILES string of the molecule is C[C@H](CCCNc1ccc(N)cc1)NC(=O)c1ccc(N(C=O)Cc2cnc3nc(N)nc(N)c3n2)cc1. The maximum absolute atomic E-state index is 12.7. The number of fused-ring (bicyclic) bond motifs is 1. The third-order valence-corrected chi connectivity index (χ3v) is 5.85. The molecule has 0 aliphatic rings. The van der Waals surface area contributed by atoms with Gasteiger partial charge < -0.3 is 32.7 Å². The molecule has 0 unspecified atom stereocenters. The van der Waals surface area contributed by atoms with Gasteiger partial charge in [-0.1, -0.05) is 0 Å². The van der Waals surface area contributed by atoms with E-state index in [2.05, 4.69) is 30.6 Å². The molecule has 0 radical (unpaired) electrons. The number of hydrogen-bond donors (Lipinski definition) is 5. The van der Waals surface area contributed by atoms with Gasteiger partial charge in [-0.05, 0) is 68.3 Å². The number of carbonyl (C=O) groups is 2. The zero-order valence-electron chi connectivity index (χ0n) is 21.0. The number of nitrogens with two attached hydrogens (primary N) is 3. The summed E-state index contributed by atoms with van der Waals surface area (Å²) in [7, 11) is 0. The van der Waals surface area contributed by atoms with E-state index in [1.807, 2.05) is 31.2 Å². The number of anilines is 5. The fourth-order valence-corrected chi connectivity index (χ4v) is 3.85. The summed E-state index contributed by atoms with van der Waals surface area (Å²) in [5.74, 6) is -0.0537. The molecule has 8 N–H and O–H groups in total. The first-order valence-electron chi connectivity index (χ1n) is 12.1. The van der Waals surface area contributed by atoms with E-state index in [0.29, 0.717) is 28.9 Å². The van der Waals surface area contributed by atoms with Crippen LogP contribution in [0.4, 0.5) is 28.8 Å². The lowest BCUT2D eigenvalue weighted by Gasteiger charge is -2.18. The summed E-state index contributed by atoms with van der Waals surface area (Å²) in [5, 5.41) is 6.35. The van der Waals surface area contributed by atoms with E-state index in [1.165, 1.54) is 11.1 Å². The van der Waals surface area contributed by atoms with Gasteiger partial charge in [0.15, 0.2) is 17.0 Å². The fourth-order valence-electron chi connectivity index (χ4n) is 3.85. The van der Waals surface area contributed by atoms with Crippen molar-refractivity contribution in [3.63, 3.8) is 0 Å². The molecule has 0 saturated heterocycles. The van der Waals surface area contributed by atoms with Gasteiger partial charge in [-0.2, -0.15) is 9.97 Å². The second-order valence-corrected chi connectivity index (χ2v) is 8.85. The summed E-state index contributed by atoms with van der Waals surface area (Å²) in [5.41, 5.74) is 21.1. The predicted octanol–water partition coefficient (Wildman–Crippen LogP) is 2.34. The van der Waals surface area contributed by atoms with E-state index in [9.17, 15) is 9.59 Å². The lowest BCUT2D eigenvalue weighted by Crippen LogP contribution is -2.32. The lowest BCUT2D eigenvalue weighted by molar-refractivity contribution is -0.107. The molecule has 0 aliphatic carbocycles. The summed E-state index contributed by atoms with van der Waals surface area (Å²) in [6.07, 6.45) is 3.89. The molecule has 0 spiro atoms. The van der Waals surface area contributed by atoms with Gasteiger partial charge in [0, 0.05) is 35.2 Å². The van der Waals surface area contributed by atoms with Crippen molar-refractivity contribution in [1.29, 1.82) is 0 Å². The first-order chi connectivity index (χ1) is 18.3. The molecule has 0 saturated carbocycles. The van der Waals surface area contributed by atoms with Crippen molar-refractivity contribution in [2.45, 2.75) is 32.4 Å². The van der Waals surface area contributed by atoms with Crippen LogP contribution in [0.5, 0.6) is 0 Å². The maximum atomic E-state index is 12.7. The van der Waals surface area contributed by atoms with E-state index >= 15 is 0 Å². The minimum absolute atomic E-state index is 0.000103. The molecule has 4 aromatic rings. The largest absolute Gasteiger partial charge is 0.399 e. The van der Waals surface area contributed by atoms with Crippen LogP contribution in [-0.2, 0) is 11.3 Å². The van der Waals surface area contributed by atoms with E-state index in [-0.39, 0.29) is 35.9 Å². The zero-order chi connectivity index (χ0) is 27.1. The monoisotopic (exact) mass is 514 g/mol. The highest BCUT2D eigenvalue weighted by Gasteiger charge is 2.14. The first-order valence-corrected chi connectivity index (χ1v) is 12.1. The fraction of sp³-hybridized carbons (Fsp3) is 0.231. The summed E-state index contributed by atoms with van der Waals surface area (Å²) >= 11 is 0. The second kappa shape index (κ2) is 11.8. The molecule has 1 atom stereocenters. The van der Waals surface area contributed by atoms with Crippen LogP contribution >= 0.6 is 0 Å². The number of hydrogen-bond acceptors (Lipinski definition) is 10. The number of rotatable bonds is 11. The topological polar surface area (TPSA) is 191 Å². The molecule has 0 bridgehead atoms. The Bertz CT molecular complexity index is 1410.